The number of aliphatic carboxylic acids is 1. The Kier molecular flexibility index (Phi) is 9.04. The molecule has 0 saturated carbocycles. The molecule has 4 rings (SSSR count). The van der Waals surface area contributed by atoms with Gasteiger partial charge in [-0.3, -0.25) is 9.59 Å². The number of amides is 1. The average Bonchev–Trinajstić information content (AvgIpc) is 3.39. The maximum atomic E-state index is 13.6. The van der Waals surface area contributed by atoms with E-state index in [9.17, 15) is 31.2 Å². The number of hydrogen-bond donors (Lipinski definition) is 2. The zero-order chi connectivity index (χ0) is 29.9. The van der Waals surface area contributed by atoms with E-state index < -0.39 is 39.7 Å². The summed E-state index contributed by atoms with van der Waals surface area (Å²) in [6.45, 7) is 4.17. The van der Waals surface area contributed by atoms with Crippen molar-refractivity contribution < 1.29 is 36.3 Å². The molecule has 0 bridgehead atoms. The summed E-state index contributed by atoms with van der Waals surface area (Å²) in [5.74, 6) is -1.30. The van der Waals surface area contributed by atoms with E-state index in [1.807, 2.05) is 24.3 Å². The molecule has 1 aromatic heterocycles. The van der Waals surface area contributed by atoms with Gasteiger partial charge in [0.25, 0.3) is 0 Å². The smallest absolute Gasteiger partial charge is 0.416 e. The van der Waals surface area contributed by atoms with Gasteiger partial charge in [-0.1, -0.05) is 38.1 Å². The molecule has 2 heterocycles. The van der Waals surface area contributed by atoms with Crippen LogP contribution in [0, 0.1) is 0 Å². The van der Waals surface area contributed by atoms with Gasteiger partial charge in [0.2, 0.25) is 15.9 Å². The van der Waals surface area contributed by atoms with E-state index in [0.29, 0.717) is 28.9 Å². The van der Waals surface area contributed by atoms with Crippen LogP contribution < -0.4 is 10.2 Å². The number of thiazole rings is 1. The molecule has 2 aromatic carbocycles. The highest BCUT2D eigenvalue weighted by atomic mass is 32.2. The summed E-state index contributed by atoms with van der Waals surface area (Å²) in [6, 6.07) is 9.58. The Morgan fingerprint density at radius 1 is 1.10 bits per heavy atom. The number of aromatic nitrogens is 1. The maximum absolute atomic E-state index is 13.6. The summed E-state index contributed by atoms with van der Waals surface area (Å²) in [4.78, 5) is 30.2. The Labute approximate surface area is 239 Å². The van der Waals surface area contributed by atoms with E-state index in [-0.39, 0.29) is 37.5 Å². The standard InChI is InChI=1S/C27H29F3N4O5S2/c1-17(2)19-5-3-18(4-6-19)14-31-25(37)23-15-33(26-32-21(16-40-26)13-24(35)36)11-12-34(23)41(38,39)22-9-7-20(8-10-22)27(28,29)30/h3-10,16-17,23H,11-15H2,1-2H3,(H,31,37)(H,35,36). The third kappa shape index (κ3) is 7.24. The number of carbonyl (C=O) groups is 2. The first-order chi connectivity index (χ1) is 19.3. The van der Waals surface area contributed by atoms with Crippen LogP contribution in [-0.4, -0.2) is 60.4 Å². The number of alkyl halides is 3. The minimum Gasteiger partial charge on any atom is -0.481 e. The van der Waals surface area contributed by atoms with Crippen molar-refractivity contribution in [1.29, 1.82) is 0 Å². The number of rotatable bonds is 9. The predicted molar refractivity (Wildman–Crippen MR) is 147 cm³/mol. The van der Waals surface area contributed by atoms with E-state index >= 15 is 0 Å². The van der Waals surface area contributed by atoms with Crippen LogP contribution in [0.4, 0.5) is 18.3 Å². The lowest BCUT2D eigenvalue weighted by Crippen LogP contribution is -2.60. The normalized spacial score (nSPS) is 16.6. The van der Waals surface area contributed by atoms with E-state index in [1.165, 1.54) is 11.3 Å². The summed E-state index contributed by atoms with van der Waals surface area (Å²) in [7, 11) is -4.35. The highest BCUT2D eigenvalue weighted by molar-refractivity contribution is 7.89. The van der Waals surface area contributed by atoms with Gasteiger partial charge in [0.15, 0.2) is 5.13 Å². The number of nitrogens with one attached hydrogen (secondary N) is 1. The SMILES string of the molecule is CC(C)c1ccc(CNC(=O)C2CN(c3nc(CC(=O)O)cs3)CCN2S(=O)(=O)c2ccc(C(F)(F)F)cc2)cc1. The van der Waals surface area contributed by atoms with E-state index in [1.54, 1.807) is 10.3 Å². The van der Waals surface area contributed by atoms with Crippen LogP contribution in [0.15, 0.2) is 58.8 Å². The molecule has 9 nitrogen and oxygen atoms in total. The quantitative estimate of drug-likeness (QED) is 0.374. The van der Waals surface area contributed by atoms with Gasteiger partial charge in [0, 0.05) is 31.6 Å². The summed E-state index contributed by atoms with van der Waals surface area (Å²) in [5, 5.41) is 13.9. The van der Waals surface area contributed by atoms with E-state index in [0.717, 1.165) is 27.6 Å². The summed E-state index contributed by atoms with van der Waals surface area (Å²) in [6.07, 6.45) is -4.91. The summed E-state index contributed by atoms with van der Waals surface area (Å²) < 4.78 is 67.3. The first-order valence-corrected chi connectivity index (χ1v) is 15.0. The number of benzene rings is 2. The molecule has 1 saturated heterocycles. The zero-order valence-corrected chi connectivity index (χ0v) is 23.9. The number of anilines is 1. The fourth-order valence-electron chi connectivity index (χ4n) is 4.40. The molecule has 1 amide bonds. The molecule has 1 unspecified atom stereocenters. The fraction of sp³-hybridized carbons (Fsp3) is 0.370. The second kappa shape index (κ2) is 12.2. The lowest BCUT2D eigenvalue weighted by Gasteiger charge is -2.39. The monoisotopic (exact) mass is 610 g/mol. The van der Waals surface area contributed by atoms with Gasteiger partial charge < -0.3 is 15.3 Å². The van der Waals surface area contributed by atoms with Gasteiger partial charge in [-0.15, -0.1) is 11.3 Å². The van der Waals surface area contributed by atoms with Gasteiger partial charge in [-0.2, -0.15) is 17.5 Å². The van der Waals surface area contributed by atoms with Crippen molar-refractivity contribution in [1.82, 2.24) is 14.6 Å². The highest BCUT2D eigenvalue weighted by Gasteiger charge is 2.41. The maximum Gasteiger partial charge on any atom is 0.416 e. The van der Waals surface area contributed by atoms with Crippen molar-refractivity contribution in [3.05, 3.63) is 76.3 Å². The van der Waals surface area contributed by atoms with Gasteiger partial charge in [0.1, 0.15) is 6.04 Å². The first kappa shape index (κ1) is 30.5. The predicted octanol–water partition coefficient (Wildman–Crippen LogP) is 4.11. The van der Waals surface area contributed by atoms with Crippen molar-refractivity contribution in [2.75, 3.05) is 24.5 Å². The van der Waals surface area contributed by atoms with Crippen LogP contribution in [0.2, 0.25) is 0 Å². The van der Waals surface area contributed by atoms with Gasteiger partial charge in [-0.25, -0.2) is 13.4 Å². The topological polar surface area (TPSA) is 120 Å². The molecule has 0 radical (unpaired) electrons. The molecule has 1 atom stereocenters. The second-order valence-electron chi connectivity index (χ2n) is 9.91. The van der Waals surface area contributed by atoms with Crippen molar-refractivity contribution in [3.63, 3.8) is 0 Å². The van der Waals surface area contributed by atoms with Crippen LogP contribution in [-0.2, 0) is 38.8 Å². The average molecular weight is 611 g/mol. The lowest BCUT2D eigenvalue weighted by atomic mass is 10.0. The molecule has 0 spiro atoms. The Balaban J connectivity index is 1.58. The van der Waals surface area contributed by atoms with Crippen LogP contribution in [0.3, 0.4) is 0 Å². The Morgan fingerprint density at radius 3 is 2.34 bits per heavy atom. The number of piperazine rings is 1. The molecule has 41 heavy (non-hydrogen) atoms. The third-order valence-electron chi connectivity index (χ3n) is 6.68. The van der Waals surface area contributed by atoms with Crippen LogP contribution in [0.5, 0.6) is 0 Å². The Hall–Kier alpha value is -3.49. The third-order valence-corrected chi connectivity index (χ3v) is 9.55. The number of nitrogens with zero attached hydrogens (tertiary/aromatic N) is 3. The zero-order valence-electron chi connectivity index (χ0n) is 22.3. The van der Waals surface area contributed by atoms with E-state index in [4.69, 9.17) is 5.11 Å². The van der Waals surface area contributed by atoms with Crippen LogP contribution in [0.25, 0.3) is 0 Å². The number of carbonyl (C=O) groups excluding carboxylic acids is 1. The summed E-state index contributed by atoms with van der Waals surface area (Å²) >= 11 is 1.18. The Bertz CT molecular complexity index is 1490. The Morgan fingerprint density at radius 2 is 1.76 bits per heavy atom. The molecule has 2 N–H and O–H groups in total. The minimum absolute atomic E-state index is 0.0853. The number of hydrogen-bond acceptors (Lipinski definition) is 7. The molecule has 3 aromatic rings. The largest absolute Gasteiger partial charge is 0.481 e. The highest BCUT2D eigenvalue weighted by Crippen LogP contribution is 2.32. The number of halogens is 3. The van der Waals surface area contributed by atoms with E-state index in [2.05, 4.69) is 24.1 Å². The first-order valence-electron chi connectivity index (χ1n) is 12.7. The summed E-state index contributed by atoms with van der Waals surface area (Å²) in [5.41, 5.74) is 1.29. The molecular formula is C27H29F3N4O5S2. The van der Waals surface area contributed by atoms with Crippen molar-refractivity contribution in [2.24, 2.45) is 0 Å². The number of carboxylic acid groups (broad SMARTS) is 1. The van der Waals surface area contributed by atoms with Gasteiger partial charge in [-0.05, 0) is 41.3 Å². The number of carboxylic acids is 1. The lowest BCUT2D eigenvalue weighted by molar-refractivity contribution is -0.138. The number of sulfonamides is 1. The minimum atomic E-state index is -4.63. The van der Waals surface area contributed by atoms with Gasteiger partial charge in [0.05, 0.1) is 22.6 Å². The van der Waals surface area contributed by atoms with Crippen LogP contribution >= 0.6 is 11.3 Å². The second-order valence-corrected chi connectivity index (χ2v) is 12.6. The molecule has 1 aliphatic rings. The van der Waals surface area contributed by atoms with Crippen LogP contribution in [0.1, 0.15) is 42.1 Å². The molecule has 1 fully saturated rings. The molecule has 0 aliphatic carbocycles. The fourth-order valence-corrected chi connectivity index (χ4v) is 6.83. The van der Waals surface area contributed by atoms with Gasteiger partial charge >= 0.3 is 12.1 Å². The van der Waals surface area contributed by atoms with Crippen molar-refractivity contribution >= 4 is 38.4 Å². The molecular weight excluding hydrogens is 581 g/mol. The van der Waals surface area contributed by atoms with Crippen molar-refractivity contribution in [2.45, 2.75) is 49.8 Å². The van der Waals surface area contributed by atoms with Crippen molar-refractivity contribution in [3.8, 4) is 0 Å². The molecule has 220 valence electrons. The molecule has 14 heteroatoms. The molecule has 1 aliphatic heterocycles.